The molecule has 270 valence electrons. The van der Waals surface area contributed by atoms with E-state index in [2.05, 4.69) is 65.6 Å². The molecule has 3 N–H and O–H groups in total. The number of piperazine rings is 1. The van der Waals surface area contributed by atoms with Crippen molar-refractivity contribution in [2.45, 2.75) is 63.7 Å². The lowest BCUT2D eigenvalue weighted by Crippen LogP contribution is -2.52. The second-order valence-electron chi connectivity index (χ2n) is 14.4. The van der Waals surface area contributed by atoms with Crippen LogP contribution in [0.2, 0.25) is 0 Å². The van der Waals surface area contributed by atoms with Gasteiger partial charge in [-0.25, -0.2) is 9.97 Å². The lowest BCUT2D eigenvalue weighted by molar-refractivity contribution is -0.136. The summed E-state index contributed by atoms with van der Waals surface area (Å²) in [6.07, 6.45) is 7.04. The number of para-hydroxylation sites is 1. The fourth-order valence-corrected chi connectivity index (χ4v) is 8.29. The third-order valence-electron chi connectivity index (χ3n) is 11.1. The Morgan fingerprint density at radius 1 is 0.792 bits per heavy atom. The Kier molecular flexibility index (Phi) is 8.70. The molecule has 3 fully saturated rings. The molecule has 9 rings (SSSR count). The Morgan fingerprint density at radius 2 is 1.57 bits per heavy atom. The highest BCUT2D eigenvalue weighted by Gasteiger charge is 2.40. The molecule has 2 saturated heterocycles. The Bertz CT molecular complexity index is 2170. The average molecular weight is 711 g/mol. The molecule has 3 aliphatic heterocycles. The van der Waals surface area contributed by atoms with Crippen molar-refractivity contribution in [2.75, 3.05) is 41.7 Å². The highest BCUT2D eigenvalue weighted by Crippen LogP contribution is 2.36. The van der Waals surface area contributed by atoms with Gasteiger partial charge in [0.1, 0.15) is 11.6 Å². The van der Waals surface area contributed by atoms with Crippen molar-refractivity contribution in [3.8, 4) is 0 Å². The molecule has 4 aliphatic rings. The average Bonchev–Trinajstić information content (AvgIpc) is 3.91. The quantitative estimate of drug-likeness (QED) is 0.168. The van der Waals surface area contributed by atoms with Crippen molar-refractivity contribution in [1.82, 2.24) is 34.6 Å². The number of nitrogens with one attached hydrogen (secondary N) is 3. The third-order valence-corrected chi connectivity index (χ3v) is 11.1. The highest BCUT2D eigenvalue weighted by atomic mass is 16.2. The van der Waals surface area contributed by atoms with Gasteiger partial charge in [-0.2, -0.15) is 4.98 Å². The Balaban J connectivity index is 0.836. The monoisotopic (exact) mass is 710 g/mol. The molecule has 53 heavy (non-hydrogen) atoms. The van der Waals surface area contributed by atoms with Gasteiger partial charge in [0.2, 0.25) is 23.7 Å². The summed E-state index contributed by atoms with van der Waals surface area (Å²) in [4.78, 5) is 58.4. The smallest absolute Gasteiger partial charge is 0.255 e. The number of carbonyl (C=O) groups is 3. The Morgan fingerprint density at radius 3 is 2.34 bits per heavy atom. The van der Waals surface area contributed by atoms with Crippen LogP contribution in [0.25, 0.3) is 11.2 Å². The van der Waals surface area contributed by atoms with Crippen molar-refractivity contribution >= 4 is 57.8 Å². The first-order valence-corrected chi connectivity index (χ1v) is 18.6. The number of hydrogen-bond donors (Lipinski definition) is 3. The molecule has 13 heteroatoms. The van der Waals surface area contributed by atoms with Crippen LogP contribution in [0.1, 0.15) is 66.1 Å². The number of fused-ring (bicyclic) bond motifs is 2. The number of aromatic nitrogens is 4. The molecule has 1 unspecified atom stereocenters. The first kappa shape index (κ1) is 33.0. The molecular weight excluding hydrogens is 669 g/mol. The van der Waals surface area contributed by atoms with Crippen molar-refractivity contribution in [2.24, 2.45) is 0 Å². The lowest BCUT2D eigenvalue weighted by Gasteiger charge is -2.36. The summed E-state index contributed by atoms with van der Waals surface area (Å²) in [5.74, 6) is 0.548. The molecule has 0 spiro atoms. The van der Waals surface area contributed by atoms with Crippen LogP contribution in [0.15, 0.2) is 79.0 Å². The minimum absolute atomic E-state index is 0.132. The van der Waals surface area contributed by atoms with Crippen molar-refractivity contribution in [3.05, 3.63) is 95.7 Å². The van der Waals surface area contributed by atoms with Gasteiger partial charge in [-0.05, 0) is 72.9 Å². The highest BCUT2D eigenvalue weighted by molar-refractivity contribution is 6.05. The number of rotatable bonds is 9. The molecule has 2 aromatic heterocycles. The molecule has 0 radical (unpaired) electrons. The van der Waals surface area contributed by atoms with Gasteiger partial charge >= 0.3 is 0 Å². The molecule has 5 heterocycles. The minimum atomic E-state index is -0.607. The zero-order valence-corrected chi connectivity index (χ0v) is 29.5. The Labute approximate surface area is 307 Å². The summed E-state index contributed by atoms with van der Waals surface area (Å²) in [5.41, 5.74) is 7.44. The zero-order valence-electron chi connectivity index (χ0n) is 29.5. The lowest BCUT2D eigenvalue weighted by atomic mass is 10.0. The molecule has 1 saturated carbocycles. The fraction of sp³-hybridized carbons (Fsp3) is 0.350. The maximum atomic E-state index is 13.3. The molecular formula is C40H42N10O3. The minimum Gasteiger partial charge on any atom is -0.369 e. The van der Waals surface area contributed by atoms with Gasteiger partial charge in [0, 0.05) is 74.4 Å². The summed E-state index contributed by atoms with van der Waals surface area (Å²) in [6, 6.07) is 24.2. The second-order valence-corrected chi connectivity index (χ2v) is 14.4. The van der Waals surface area contributed by atoms with Crippen molar-refractivity contribution < 1.29 is 14.4 Å². The van der Waals surface area contributed by atoms with E-state index in [-0.39, 0.29) is 24.1 Å². The maximum absolute atomic E-state index is 13.3. The maximum Gasteiger partial charge on any atom is 0.255 e. The van der Waals surface area contributed by atoms with E-state index in [1.54, 1.807) is 11.1 Å². The summed E-state index contributed by atoms with van der Waals surface area (Å²) >= 11 is 0. The summed E-state index contributed by atoms with van der Waals surface area (Å²) in [6.45, 7) is 4.67. The summed E-state index contributed by atoms with van der Waals surface area (Å²) in [7, 11) is 0. The van der Waals surface area contributed by atoms with Crippen LogP contribution in [0.4, 0.5) is 29.0 Å². The van der Waals surface area contributed by atoms with Crippen LogP contribution >= 0.6 is 0 Å². The van der Waals surface area contributed by atoms with Gasteiger partial charge in [0.25, 0.3) is 5.91 Å². The number of nitrogens with zero attached hydrogens (tertiary/aromatic N) is 7. The molecule has 3 aromatic carbocycles. The number of imidazole rings is 1. The molecule has 5 aromatic rings. The number of hydrogen-bond acceptors (Lipinski definition) is 10. The first-order valence-electron chi connectivity index (χ1n) is 18.6. The standard InChI is InChI=1S/C40H42N10O3/c51-35-18-17-34(37(52)45-35)49-25-32-26(7-6-12-31(32)38(49)53)24-47-19-21-48(22-20-47)29-15-13-28(14-16-29)42-39-41-23-33-36(46-39)50(30-10-4-5-11-30)40(44-33)43-27-8-2-1-3-9-27/h1-3,6-9,12-16,23,30,34H,4-5,10-11,17-22,24-25H2,(H,43,44)(H,41,42,46)(H,45,51,52). The van der Waals surface area contributed by atoms with Gasteiger partial charge in [-0.3, -0.25) is 29.2 Å². The predicted octanol–water partition coefficient (Wildman–Crippen LogP) is 5.51. The second kappa shape index (κ2) is 14.0. The van der Waals surface area contributed by atoms with Crippen LogP contribution in [0, 0.1) is 0 Å². The van der Waals surface area contributed by atoms with Crippen LogP contribution in [0.5, 0.6) is 0 Å². The van der Waals surface area contributed by atoms with Gasteiger partial charge in [0.15, 0.2) is 5.65 Å². The molecule has 0 bridgehead atoms. The largest absolute Gasteiger partial charge is 0.369 e. The number of amides is 3. The van der Waals surface area contributed by atoms with Crippen LogP contribution in [-0.2, 0) is 22.7 Å². The topological polar surface area (TPSA) is 141 Å². The SMILES string of the molecule is O=C1CCC(N2Cc3c(CN4CCN(c5ccc(Nc6ncc7nc(Nc8ccccc8)n(C8CCCC8)c7n6)cc5)CC4)cccc3C2=O)C(=O)N1. The number of piperidine rings is 1. The van der Waals surface area contributed by atoms with E-state index in [0.717, 1.165) is 90.9 Å². The van der Waals surface area contributed by atoms with Gasteiger partial charge in [0.05, 0.1) is 6.20 Å². The Hall–Kier alpha value is -5.82. The zero-order chi connectivity index (χ0) is 35.9. The predicted molar refractivity (Wildman–Crippen MR) is 202 cm³/mol. The van der Waals surface area contributed by atoms with Crippen molar-refractivity contribution in [3.63, 3.8) is 0 Å². The first-order chi connectivity index (χ1) is 26.0. The van der Waals surface area contributed by atoms with E-state index >= 15 is 0 Å². The van der Waals surface area contributed by atoms with E-state index in [1.165, 1.54) is 12.8 Å². The third kappa shape index (κ3) is 6.56. The van der Waals surface area contributed by atoms with E-state index in [1.807, 2.05) is 42.5 Å². The van der Waals surface area contributed by atoms with E-state index in [0.29, 0.717) is 30.5 Å². The van der Waals surface area contributed by atoms with Crippen molar-refractivity contribution in [1.29, 1.82) is 0 Å². The van der Waals surface area contributed by atoms with Gasteiger partial charge in [-0.15, -0.1) is 0 Å². The number of carbonyl (C=O) groups excluding carboxylic acids is 3. The molecule has 3 amide bonds. The van der Waals surface area contributed by atoms with E-state index < -0.39 is 6.04 Å². The summed E-state index contributed by atoms with van der Waals surface area (Å²) < 4.78 is 2.26. The molecule has 1 atom stereocenters. The molecule has 13 nitrogen and oxygen atoms in total. The number of benzene rings is 3. The summed E-state index contributed by atoms with van der Waals surface area (Å²) in [5, 5.41) is 9.31. The molecule has 1 aliphatic carbocycles. The van der Waals surface area contributed by atoms with Crippen LogP contribution in [-0.4, -0.2) is 79.3 Å². The number of anilines is 5. The van der Waals surface area contributed by atoms with E-state index in [9.17, 15) is 14.4 Å². The fourth-order valence-electron chi connectivity index (χ4n) is 8.29. The van der Waals surface area contributed by atoms with Gasteiger partial charge < -0.3 is 20.4 Å². The normalized spacial score (nSPS) is 19.5. The van der Waals surface area contributed by atoms with Crippen LogP contribution < -0.4 is 20.9 Å². The number of imide groups is 1. The van der Waals surface area contributed by atoms with Crippen LogP contribution in [0.3, 0.4) is 0 Å². The van der Waals surface area contributed by atoms with Gasteiger partial charge in [-0.1, -0.05) is 43.2 Å². The van der Waals surface area contributed by atoms with E-state index in [4.69, 9.17) is 9.97 Å².